The van der Waals surface area contributed by atoms with Gasteiger partial charge < -0.3 is 5.73 Å². The van der Waals surface area contributed by atoms with Crippen molar-refractivity contribution in [2.24, 2.45) is 5.92 Å². The number of anilines is 1. The van der Waals surface area contributed by atoms with Gasteiger partial charge in [0.25, 0.3) is 0 Å². The molecule has 0 saturated carbocycles. The van der Waals surface area contributed by atoms with Gasteiger partial charge in [0.15, 0.2) is 0 Å². The predicted molar refractivity (Wildman–Crippen MR) is 119 cm³/mol. The fraction of sp³-hybridized carbons (Fsp3) is 0.200. The number of nitro benzene ring substituents is 1. The van der Waals surface area contributed by atoms with Gasteiger partial charge in [0.05, 0.1) is 10.3 Å². The second-order valence-electron chi connectivity index (χ2n) is 8.12. The van der Waals surface area contributed by atoms with E-state index >= 15 is 0 Å². The van der Waals surface area contributed by atoms with Crippen LogP contribution < -0.4 is 5.73 Å². The van der Waals surface area contributed by atoms with Gasteiger partial charge in [0.1, 0.15) is 5.69 Å². The van der Waals surface area contributed by atoms with Crippen LogP contribution in [0.1, 0.15) is 24.5 Å². The summed E-state index contributed by atoms with van der Waals surface area (Å²) in [4.78, 5) is 11.8. The lowest BCUT2D eigenvalue weighted by Crippen LogP contribution is -2.12. The topological polar surface area (TPSA) is 69.2 Å². The first-order valence-corrected chi connectivity index (χ1v) is 10.0. The minimum Gasteiger partial charge on any atom is -0.393 e. The highest BCUT2D eigenvalue weighted by molar-refractivity contribution is 6.19. The van der Waals surface area contributed by atoms with Crippen LogP contribution in [-0.2, 0) is 12.8 Å². The minimum absolute atomic E-state index is 0.0253. The van der Waals surface area contributed by atoms with E-state index in [-0.39, 0.29) is 10.6 Å². The lowest BCUT2D eigenvalue weighted by molar-refractivity contribution is -0.382. The van der Waals surface area contributed by atoms with E-state index in [4.69, 9.17) is 5.73 Å². The van der Waals surface area contributed by atoms with Gasteiger partial charge in [-0.05, 0) is 64.3 Å². The Morgan fingerprint density at radius 2 is 1.72 bits per heavy atom. The summed E-state index contributed by atoms with van der Waals surface area (Å²) in [6.45, 7) is 2.25. The van der Waals surface area contributed by atoms with Gasteiger partial charge in [-0.15, -0.1) is 0 Å². The molecule has 144 valence electrons. The zero-order valence-corrected chi connectivity index (χ0v) is 16.3. The highest BCUT2D eigenvalue weighted by atomic mass is 16.6. The molecule has 29 heavy (non-hydrogen) atoms. The Labute approximate surface area is 169 Å². The first-order chi connectivity index (χ1) is 14.0. The molecule has 0 radical (unpaired) electrons. The van der Waals surface area contributed by atoms with Gasteiger partial charge >= 0.3 is 5.69 Å². The number of hydrogen-bond donors (Lipinski definition) is 1. The number of rotatable bonds is 2. The van der Waals surface area contributed by atoms with E-state index in [1.54, 1.807) is 0 Å². The van der Waals surface area contributed by atoms with E-state index in [0.717, 1.165) is 46.5 Å². The SMILES string of the molecule is CC1CCc2c(ccc3c2c(N)c([N+](=O)[O-])c2cc(-c4ccccc4)ccc23)C1. The molecule has 0 spiro atoms. The predicted octanol–water partition coefficient (Wildman–Crippen LogP) is 6.28. The Balaban J connectivity index is 1.87. The van der Waals surface area contributed by atoms with Crippen molar-refractivity contribution in [1.29, 1.82) is 0 Å². The molecule has 4 nitrogen and oxygen atoms in total. The van der Waals surface area contributed by atoms with Gasteiger partial charge in [-0.1, -0.05) is 61.5 Å². The number of nitrogens with two attached hydrogens (primary N) is 1. The largest absolute Gasteiger partial charge is 0.393 e. The molecular weight excluding hydrogens is 360 g/mol. The van der Waals surface area contributed by atoms with Crippen LogP contribution in [0.5, 0.6) is 0 Å². The molecule has 1 atom stereocenters. The van der Waals surface area contributed by atoms with Crippen LogP contribution in [0, 0.1) is 16.0 Å². The van der Waals surface area contributed by atoms with Crippen molar-refractivity contribution in [3.63, 3.8) is 0 Å². The van der Waals surface area contributed by atoms with Gasteiger partial charge in [-0.25, -0.2) is 0 Å². The quantitative estimate of drug-likeness (QED) is 0.192. The maximum atomic E-state index is 12.1. The standard InChI is InChI=1S/C25H22N2O2/c1-15-7-10-19-18(13-15)9-12-21-20-11-8-17(16-5-3-2-4-6-16)14-22(20)25(27(28)29)24(26)23(19)21/h2-6,8-9,11-12,14-15H,7,10,13,26H2,1H3. The van der Waals surface area contributed by atoms with E-state index < -0.39 is 0 Å². The van der Waals surface area contributed by atoms with Gasteiger partial charge in [0.2, 0.25) is 0 Å². The van der Waals surface area contributed by atoms with E-state index in [2.05, 4.69) is 19.1 Å². The molecule has 2 N–H and O–H groups in total. The number of nitrogen functional groups attached to an aromatic ring is 1. The van der Waals surface area contributed by atoms with E-state index in [1.807, 2.05) is 48.5 Å². The summed E-state index contributed by atoms with van der Waals surface area (Å²) in [7, 11) is 0. The second kappa shape index (κ2) is 6.59. The summed E-state index contributed by atoms with van der Waals surface area (Å²) in [5.41, 5.74) is 11.3. The normalized spacial score (nSPS) is 16.1. The van der Waals surface area contributed by atoms with E-state index in [0.29, 0.717) is 17.0 Å². The third-order valence-electron chi connectivity index (χ3n) is 6.24. The highest BCUT2D eigenvalue weighted by Gasteiger charge is 2.26. The van der Waals surface area contributed by atoms with Crippen molar-refractivity contribution in [2.75, 3.05) is 5.73 Å². The molecule has 0 saturated heterocycles. The van der Waals surface area contributed by atoms with Gasteiger partial charge in [-0.2, -0.15) is 0 Å². The lowest BCUT2D eigenvalue weighted by atomic mass is 9.81. The first-order valence-electron chi connectivity index (χ1n) is 10.0. The maximum Gasteiger partial charge on any atom is 0.300 e. The van der Waals surface area contributed by atoms with Crippen molar-refractivity contribution >= 4 is 32.9 Å². The Morgan fingerprint density at radius 1 is 0.966 bits per heavy atom. The summed E-state index contributed by atoms with van der Waals surface area (Å²) in [6.07, 6.45) is 3.01. The maximum absolute atomic E-state index is 12.1. The lowest BCUT2D eigenvalue weighted by Gasteiger charge is -2.24. The number of nitro groups is 1. The van der Waals surface area contributed by atoms with Crippen molar-refractivity contribution in [3.05, 3.63) is 81.9 Å². The first kappa shape index (κ1) is 17.7. The molecule has 0 amide bonds. The van der Waals surface area contributed by atoms with Crippen molar-refractivity contribution in [2.45, 2.75) is 26.2 Å². The van der Waals surface area contributed by atoms with Crippen LogP contribution in [-0.4, -0.2) is 4.92 Å². The number of hydrogen-bond acceptors (Lipinski definition) is 3. The van der Waals surface area contributed by atoms with Crippen LogP contribution in [0.25, 0.3) is 32.7 Å². The molecule has 4 heteroatoms. The molecule has 1 aliphatic rings. The summed E-state index contributed by atoms with van der Waals surface area (Å²) >= 11 is 0. The molecule has 0 heterocycles. The molecule has 1 aliphatic carbocycles. The summed E-state index contributed by atoms with van der Waals surface area (Å²) < 4.78 is 0. The van der Waals surface area contributed by atoms with E-state index in [9.17, 15) is 10.1 Å². The number of benzene rings is 4. The molecule has 0 aromatic heterocycles. The smallest absolute Gasteiger partial charge is 0.300 e. The molecule has 5 rings (SSSR count). The monoisotopic (exact) mass is 382 g/mol. The Morgan fingerprint density at radius 3 is 2.48 bits per heavy atom. The fourth-order valence-corrected chi connectivity index (χ4v) is 4.81. The average molecular weight is 382 g/mol. The van der Waals surface area contributed by atoms with E-state index in [1.165, 1.54) is 11.1 Å². The Hall–Kier alpha value is -3.40. The third-order valence-corrected chi connectivity index (χ3v) is 6.24. The van der Waals surface area contributed by atoms with Crippen molar-refractivity contribution < 1.29 is 4.92 Å². The number of fused-ring (bicyclic) bond motifs is 5. The number of nitrogens with zero attached hydrogens (tertiary/aromatic N) is 1. The van der Waals surface area contributed by atoms with Crippen LogP contribution >= 0.6 is 0 Å². The van der Waals surface area contributed by atoms with Crippen LogP contribution in [0.4, 0.5) is 11.4 Å². The molecule has 0 bridgehead atoms. The summed E-state index contributed by atoms with van der Waals surface area (Å²) in [5.74, 6) is 0.630. The molecule has 0 fully saturated rings. The zero-order chi connectivity index (χ0) is 20.1. The van der Waals surface area contributed by atoms with Crippen LogP contribution in [0.3, 0.4) is 0 Å². The van der Waals surface area contributed by atoms with Crippen LogP contribution in [0.15, 0.2) is 60.7 Å². The Kier molecular flexibility index (Phi) is 4.02. The van der Waals surface area contributed by atoms with Gasteiger partial charge in [-0.3, -0.25) is 10.1 Å². The third kappa shape index (κ3) is 2.75. The summed E-state index contributed by atoms with van der Waals surface area (Å²) in [6, 6.07) is 20.1. The molecule has 4 aromatic carbocycles. The second-order valence-corrected chi connectivity index (χ2v) is 8.12. The van der Waals surface area contributed by atoms with Crippen molar-refractivity contribution in [3.8, 4) is 11.1 Å². The zero-order valence-electron chi connectivity index (χ0n) is 16.3. The molecular formula is C25H22N2O2. The van der Waals surface area contributed by atoms with Crippen LogP contribution in [0.2, 0.25) is 0 Å². The fourth-order valence-electron chi connectivity index (χ4n) is 4.81. The Bertz CT molecular complexity index is 1280. The molecule has 1 unspecified atom stereocenters. The van der Waals surface area contributed by atoms with Crippen molar-refractivity contribution in [1.82, 2.24) is 0 Å². The summed E-state index contributed by atoms with van der Waals surface area (Å²) in [5, 5.41) is 15.5. The number of aryl methyl sites for hydroxylation is 1. The highest BCUT2D eigenvalue weighted by Crippen LogP contribution is 2.44. The van der Waals surface area contributed by atoms with Gasteiger partial charge in [0, 0.05) is 5.39 Å². The minimum atomic E-state index is -0.323. The average Bonchev–Trinajstić information content (AvgIpc) is 2.73. The molecule has 0 aliphatic heterocycles. The molecule has 4 aromatic rings.